The molecule has 0 aliphatic heterocycles. The summed E-state index contributed by atoms with van der Waals surface area (Å²) < 4.78 is 18.5. The summed E-state index contributed by atoms with van der Waals surface area (Å²) >= 11 is 0. The van der Waals surface area contributed by atoms with Crippen molar-refractivity contribution >= 4 is 11.4 Å². The van der Waals surface area contributed by atoms with Crippen LogP contribution in [0.3, 0.4) is 0 Å². The smallest absolute Gasteiger partial charge is 0.333 e. The molecule has 0 aliphatic rings. The summed E-state index contributed by atoms with van der Waals surface area (Å²) in [6.45, 7) is 0.384. The fourth-order valence-electron chi connectivity index (χ4n) is 2.05. The zero-order valence-electron chi connectivity index (χ0n) is 11.5. The van der Waals surface area contributed by atoms with Crippen LogP contribution in [0.2, 0.25) is 0 Å². The average molecular weight is 290 g/mol. The van der Waals surface area contributed by atoms with Crippen molar-refractivity contribution in [3.63, 3.8) is 0 Å². The standard InChI is InChI=1S/C15H15FN2O3/c1-21-14-8-4-7-13(15(14)18(19)20)17-10-9-11-5-2-3-6-12(11)16/h2-8,17H,9-10H2,1H3. The van der Waals surface area contributed by atoms with Gasteiger partial charge < -0.3 is 10.1 Å². The Labute approximate surface area is 121 Å². The van der Waals surface area contributed by atoms with Crippen molar-refractivity contribution in [1.29, 1.82) is 0 Å². The molecule has 0 aromatic heterocycles. The number of benzene rings is 2. The third-order valence-corrected chi connectivity index (χ3v) is 3.07. The largest absolute Gasteiger partial charge is 0.490 e. The second kappa shape index (κ2) is 6.69. The minimum atomic E-state index is -0.496. The molecule has 0 atom stereocenters. The van der Waals surface area contributed by atoms with Crippen molar-refractivity contribution in [2.75, 3.05) is 19.0 Å². The molecule has 0 spiro atoms. The predicted octanol–water partition coefficient (Wildman–Crippen LogP) is 3.40. The number of nitro benzene ring substituents is 1. The minimum Gasteiger partial charge on any atom is -0.490 e. The van der Waals surface area contributed by atoms with Crippen molar-refractivity contribution in [2.24, 2.45) is 0 Å². The van der Waals surface area contributed by atoms with E-state index in [-0.39, 0.29) is 17.3 Å². The van der Waals surface area contributed by atoms with Gasteiger partial charge in [-0.2, -0.15) is 0 Å². The van der Waals surface area contributed by atoms with Gasteiger partial charge in [-0.1, -0.05) is 24.3 Å². The Kier molecular flexibility index (Phi) is 4.71. The van der Waals surface area contributed by atoms with Gasteiger partial charge in [0.1, 0.15) is 11.5 Å². The van der Waals surface area contributed by atoms with Gasteiger partial charge in [0.15, 0.2) is 5.75 Å². The van der Waals surface area contributed by atoms with Gasteiger partial charge in [-0.25, -0.2) is 4.39 Å². The second-order valence-electron chi connectivity index (χ2n) is 4.38. The summed E-state index contributed by atoms with van der Waals surface area (Å²) in [5, 5.41) is 14.1. The molecule has 0 radical (unpaired) electrons. The molecule has 0 bridgehead atoms. The molecule has 0 heterocycles. The molecule has 2 aromatic carbocycles. The summed E-state index contributed by atoms with van der Waals surface area (Å²) in [5.74, 6) is -0.0877. The number of anilines is 1. The Balaban J connectivity index is 2.10. The number of halogens is 1. The average Bonchev–Trinajstić information content (AvgIpc) is 2.48. The van der Waals surface area contributed by atoms with Gasteiger partial charge >= 0.3 is 5.69 Å². The number of hydrogen-bond donors (Lipinski definition) is 1. The zero-order chi connectivity index (χ0) is 15.2. The quantitative estimate of drug-likeness (QED) is 0.654. The first kappa shape index (κ1) is 14.8. The highest BCUT2D eigenvalue weighted by Gasteiger charge is 2.20. The fourth-order valence-corrected chi connectivity index (χ4v) is 2.05. The number of para-hydroxylation sites is 1. The van der Waals surface area contributed by atoms with E-state index < -0.39 is 4.92 Å². The van der Waals surface area contributed by atoms with Gasteiger partial charge in [0, 0.05) is 6.54 Å². The van der Waals surface area contributed by atoms with E-state index in [1.54, 1.807) is 30.3 Å². The Morgan fingerprint density at radius 2 is 2.00 bits per heavy atom. The van der Waals surface area contributed by atoms with Crippen LogP contribution in [0.25, 0.3) is 0 Å². The molecule has 110 valence electrons. The highest BCUT2D eigenvalue weighted by atomic mass is 19.1. The molecule has 0 saturated heterocycles. The molecule has 21 heavy (non-hydrogen) atoms. The molecule has 0 fully saturated rings. The second-order valence-corrected chi connectivity index (χ2v) is 4.38. The summed E-state index contributed by atoms with van der Waals surface area (Å²) in [5.41, 5.74) is 0.805. The van der Waals surface area contributed by atoms with Gasteiger partial charge in [-0.3, -0.25) is 10.1 Å². The molecule has 5 nitrogen and oxygen atoms in total. The third-order valence-electron chi connectivity index (χ3n) is 3.07. The van der Waals surface area contributed by atoms with Crippen LogP contribution in [-0.4, -0.2) is 18.6 Å². The molecule has 0 unspecified atom stereocenters. The number of rotatable bonds is 6. The summed E-state index contributed by atoms with van der Waals surface area (Å²) in [6, 6.07) is 11.3. The monoisotopic (exact) mass is 290 g/mol. The van der Waals surface area contributed by atoms with E-state index in [2.05, 4.69) is 5.32 Å². The van der Waals surface area contributed by atoms with Crippen LogP contribution >= 0.6 is 0 Å². The SMILES string of the molecule is COc1cccc(NCCc2ccccc2F)c1[N+](=O)[O-]. The van der Waals surface area contributed by atoms with Crippen LogP contribution in [0.5, 0.6) is 5.75 Å². The molecule has 2 aromatic rings. The lowest BCUT2D eigenvalue weighted by Gasteiger charge is -2.09. The predicted molar refractivity (Wildman–Crippen MR) is 78.2 cm³/mol. The Morgan fingerprint density at radius 3 is 2.67 bits per heavy atom. The number of nitrogens with one attached hydrogen (secondary N) is 1. The van der Waals surface area contributed by atoms with E-state index in [1.807, 2.05) is 0 Å². The molecular weight excluding hydrogens is 275 g/mol. The van der Waals surface area contributed by atoms with Gasteiger partial charge in [0.2, 0.25) is 0 Å². The van der Waals surface area contributed by atoms with E-state index in [0.717, 1.165) is 0 Å². The number of hydrogen-bond acceptors (Lipinski definition) is 4. The van der Waals surface area contributed by atoms with Gasteiger partial charge in [-0.15, -0.1) is 0 Å². The van der Waals surface area contributed by atoms with Gasteiger partial charge in [0.05, 0.1) is 12.0 Å². The Morgan fingerprint density at radius 1 is 1.24 bits per heavy atom. The Bertz CT molecular complexity index is 647. The minimum absolute atomic E-state index is 0.117. The van der Waals surface area contributed by atoms with E-state index in [0.29, 0.717) is 24.2 Å². The lowest BCUT2D eigenvalue weighted by Crippen LogP contribution is -2.08. The third kappa shape index (κ3) is 3.47. The van der Waals surface area contributed by atoms with Crippen molar-refractivity contribution in [2.45, 2.75) is 6.42 Å². The summed E-state index contributed by atoms with van der Waals surface area (Å²) in [7, 11) is 1.38. The van der Waals surface area contributed by atoms with Crippen LogP contribution in [0.15, 0.2) is 42.5 Å². The molecule has 0 aliphatic carbocycles. The number of methoxy groups -OCH3 is 1. The first-order valence-corrected chi connectivity index (χ1v) is 6.42. The molecule has 0 amide bonds. The summed E-state index contributed by atoms with van der Waals surface area (Å²) in [4.78, 5) is 10.6. The van der Waals surface area contributed by atoms with Crippen molar-refractivity contribution < 1.29 is 14.1 Å². The molecular formula is C15H15FN2O3. The van der Waals surface area contributed by atoms with Gasteiger partial charge in [0.25, 0.3) is 0 Å². The Hall–Kier alpha value is -2.63. The van der Waals surface area contributed by atoms with Crippen molar-refractivity contribution in [3.8, 4) is 5.75 Å². The lowest BCUT2D eigenvalue weighted by molar-refractivity contribution is -0.384. The number of ether oxygens (including phenoxy) is 1. The van der Waals surface area contributed by atoms with Crippen LogP contribution in [0.1, 0.15) is 5.56 Å². The molecule has 0 saturated carbocycles. The summed E-state index contributed by atoms with van der Waals surface area (Å²) in [6.07, 6.45) is 0.432. The topological polar surface area (TPSA) is 64.4 Å². The maximum atomic E-state index is 13.5. The van der Waals surface area contributed by atoms with Crippen molar-refractivity contribution in [1.82, 2.24) is 0 Å². The number of nitro groups is 1. The maximum Gasteiger partial charge on any atom is 0.333 e. The van der Waals surface area contributed by atoms with Crippen LogP contribution < -0.4 is 10.1 Å². The molecule has 6 heteroatoms. The van der Waals surface area contributed by atoms with Crippen LogP contribution in [-0.2, 0) is 6.42 Å². The first-order valence-electron chi connectivity index (χ1n) is 6.42. The van der Waals surface area contributed by atoms with Gasteiger partial charge in [-0.05, 0) is 30.2 Å². The van der Waals surface area contributed by atoms with E-state index >= 15 is 0 Å². The fraction of sp³-hybridized carbons (Fsp3) is 0.200. The van der Waals surface area contributed by atoms with Crippen molar-refractivity contribution in [3.05, 3.63) is 64.0 Å². The molecule has 1 N–H and O–H groups in total. The zero-order valence-corrected chi connectivity index (χ0v) is 11.5. The van der Waals surface area contributed by atoms with Crippen LogP contribution in [0, 0.1) is 15.9 Å². The normalized spacial score (nSPS) is 10.2. The van der Waals surface area contributed by atoms with E-state index in [9.17, 15) is 14.5 Å². The molecule has 2 rings (SSSR count). The highest BCUT2D eigenvalue weighted by Crippen LogP contribution is 2.34. The van der Waals surface area contributed by atoms with Crippen LogP contribution in [0.4, 0.5) is 15.8 Å². The highest BCUT2D eigenvalue weighted by molar-refractivity contribution is 5.68. The van der Waals surface area contributed by atoms with E-state index in [1.165, 1.54) is 19.2 Å². The first-order chi connectivity index (χ1) is 10.1. The maximum absolute atomic E-state index is 13.5. The number of nitrogens with zero attached hydrogens (tertiary/aromatic N) is 1. The lowest BCUT2D eigenvalue weighted by atomic mass is 10.1. The van der Waals surface area contributed by atoms with E-state index in [4.69, 9.17) is 4.74 Å².